The number of hydrogen-bond donors (Lipinski definition) is 1. The summed E-state index contributed by atoms with van der Waals surface area (Å²) in [5.41, 5.74) is 4.06. The normalized spacial score (nSPS) is 10.7. The van der Waals surface area contributed by atoms with Crippen molar-refractivity contribution in [1.82, 2.24) is 9.97 Å². The Kier molecular flexibility index (Phi) is 3.92. The molecule has 0 amide bonds. The Labute approximate surface area is 130 Å². The fourth-order valence-corrected chi connectivity index (χ4v) is 2.44. The van der Waals surface area contributed by atoms with E-state index in [1.807, 2.05) is 50.2 Å². The highest BCUT2D eigenvalue weighted by atomic mass is 16.5. The minimum atomic E-state index is 0.646. The molecule has 1 aromatic carbocycles. The van der Waals surface area contributed by atoms with E-state index in [1.165, 1.54) is 5.56 Å². The molecule has 0 aliphatic rings. The van der Waals surface area contributed by atoms with Crippen molar-refractivity contribution in [3.63, 3.8) is 0 Å². The van der Waals surface area contributed by atoms with Crippen molar-refractivity contribution >= 4 is 22.4 Å². The van der Waals surface area contributed by atoms with Crippen LogP contribution in [0.25, 0.3) is 10.9 Å². The lowest BCUT2D eigenvalue weighted by atomic mass is 10.1. The molecule has 0 atom stereocenters. The Morgan fingerprint density at radius 3 is 2.73 bits per heavy atom. The molecule has 0 aliphatic carbocycles. The summed E-state index contributed by atoms with van der Waals surface area (Å²) in [4.78, 5) is 8.95. The number of aryl methyl sites for hydroxylation is 2. The molecule has 0 spiro atoms. The number of pyridine rings is 2. The fourth-order valence-electron chi connectivity index (χ4n) is 2.44. The molecule has 3 rings (SSSR count). The number of ether oxygens (including phenoxy) is 1. The summed E-state index contributed by atoms with van der Waals surface area (Å²) in [6, 6.07) is 12.0. The monoisotopic (exact) mass is 293 g/mol. The van der Waals surface area contributed by atoms with E-state index in [9.17, 15) is 0 Å². The number of hydrogen-bond acceptors (Lipinski definition) is 4. The lowest BCUT2D eigenvalue weighted by molar-refractivity contribution is 0.340. The van der Waals surface area contributed by atoms with E-state index in [1.54, 1.807) is 6.20 Å². The van der Waals surface area contributed by atoms with Crippen LogP contribution < -0.4 is 10.1 Å². The molecule has 0 aliphatic heterocycles. The van der Waals surface area contributed by atoms with Crippen LogP contribution in [0.4, 0.5) is 11.5 Å². The number of nitrogens with zero attached hydrogens (tertiary/aromatic N) is 2. The van der Waals surface area contributed by atoms with E-state index < -0.39 is 0 Å². The molecule has 112 valence electrons. The number of nitrogens with one attached hydrogen (secondary N) is 1. The molecule has 0 unspecified atom stereocenters. The highest BCUT2D eigenvalue weighted by Crippen LogP contribution is 2.29. The summed E-state index contributed by atoms with van der Waals surface area (Å²) in [6.45, 7) is 6.67. The molecule has 4 nitrogen and oxygen atoms in total. The smallest absolute Gasteiger partial charge is 0.130 e. The molecule has 0 saturated carbocycles. The standard InChI is InChI=1S/C18H19N3O/c1-4-22-14-5-6-16-15(11-14)17(10-13(3)20-16)21-18-9-12(2)7-8-19-18/h5-11H,4H2,1-3H3,(H,19,20,21). The third-order valence-corrected chi connectivity index (χ3v) is 3.40. The molecule has 1 N–H and O–H groups in total. The molecule has 2 aromatic heterocycles. The highest BCUT2D eigenvalue weighted by Gasteiger charge is 2.07. The second kappa shape index (κ2) is 6.02. The third-order valence-electron chi connectivity index (χ3n) is 3.40. The first kappa shape index (κ1) is 14.3. The number of anilines is 2. The first-order chi connectivity index (χ1) is 10.7. The van der Waals surface area contributed by atoms with E-state index in [0.717, 1.165) is 33.9 Å². The zero-order valence-electron chi connectivity index (χ0n) is 13.1. The van der Waals surface area contributed by atoms with Gasteiger partial charge in [-0.15, -0.1) is 0 Å². The maximum absolute atomic E-state index is 5.60. The van der Waals surface area contributed by atoms with Gasteiger partial charge >= 0.3 is 0 Å². The minimum Gasteiger partial charge on any atom is -0.494 e. The maximum Gasteiger partial charge on any atom is 0.130 e. The van der Waals surface area contributed by atoms with Gasteiger partial charge in [0.25, 0.3) is 0 Å². The molecule has 4 heteroatoms. The maximum atomic E-state index is 5.60. The van der Waals surface area contributed by atoms with Crippen molar-refractivity contribution in [2.45, 2.75) is 20.8 Å². The van der Waals surface area contributed by atoms with Crippen molar-refractivity contribution in [1.29, 1.82) is 0 Å². The van der Waals surface area contributed by atoms with Gasteiger partial charge in [0.1, 0.15) is 11.6 Å². The number of rotatable bonds is 4. The van der Waals surface area contributed by atoms with Crippen LogP contribution in [-0.4, -0.2) is 16.6 Å². The van der Waals surface area contributed by atoms with Crippen molar-refractivity contribution in [3.8, 4) is 5.75 Å². The van der Waals surface area contributed by atoms with E-state index in [2.05, 4.69) is 22.2 Å². The average Bonchev–Trinajstić information content (AvgIpc) is 2.48. The van der Waals surface area contributed by atoms with Gasteiger partial charge in [-0.3, -0.25) is 4.98 Å². The van der Waals surface area contributed by atoms with Crippen molar-refractivity contribution < 1.29 is 4.74 Å². The van der Waals surface area contributed by atoms with Gasteiger partial charge in [0.05, 0.1) is 17.8 Å². The van der Waals surface area contributed by atoms with Crippen LogP contribution in [0, 0.1) is 13.8 Å². The van der Waals surface area contributed by atoms with E-state index in [4.69, 9.17) is 4.74 Å². The number of fused-ring (bicyclic) bond motifs is 1. The van der Waals surface area contributed by atoms with Crippen LogP contribution in [0.5, 0.6) is 5.75 Å². The highest BCUT2D eigenvalue weighted by molar-refractivity contribution is 5.94. The summed E-state index contributed by atoms with van der Waals surface area (Å²) >= 11 is 0. The zero-order chi connectivity index (χ0) is 15.5. The molecular weight excluding hydrogens is 274 g/mol. The molecule has 22 heavy (non-hydrogen) atoms. The Morgan fingerprint density at radius 2 is 1.95 bits per heavy atom. The molecule has 2 heterocycles. The van der Waals surface area contributed by atoms with E-state index in [0.29, 0.717) is 6.61 Å². The van der Waals surface area contributed by atoms with E-state index >= 15 is 0 Å². The summed E-state index contributed by atoms with van der Waals surface area (Å²) in [5.74, 6) is 1.68. The van der Waals surface area contributed by atoms with Gasteiger partial charge in [0.15, 0.2) is 0 Å². The number of aromatic nitrogens is 2. The van der Waals surface area contributed by atoms with Gasteiger partial charge in [-0.2, -0.15) is 0 Å². The van der Waals surface area contributed by atoms with Crippen LogP contribution in [0.15, 0.2) is 42.6 Å². The SMILES string of the molecule is CCOc1ccc2nc(C)cc(Nc3cc(C)ccn3)c2c1. The Bertz CT molecular complexity index is 815. The van der Waals surface area contributed by atoms with Crippen LogP contribution >= 0.6 is 0 Å². The first-order valence-electron chi connectivity index (χ1n) is 7.39. The lowest BCUT2D eigenvalue weighted by Crippen LogP contribution is -1.98. The second-order valence-electron chi connectivity index (χ2n) is 5.27. The van der Waals surface area contributed by atoms with Gasteiger partial charge in [0.2, 0.25) is 0 Å². The Morgan fingerprint density at radius 1 is 1.09 bits per heavy atom. The summed E-state index contributed by atoms with van der Waals surface area (Å²) < 4.78 is 5.60. The van der Waals surface area contributed by atoms with Gasteiger partial charge in [0, 0.05) is 17.3 Å². The second-order valence-corrected chi connectivity index (χ2v) is 5.27. The molecule has 0 radical (unpaired) electrons. The van der Waals surface area contributed by atoms with Gasteiger partial charge in [-0.25, -0.2) is 4.98 Å². The Balaban J connectivity index is 2.08. The quantitative estimate of drug-likeness (QED) is 0.775. The van der Waals surface area contributed by atoms with Crippen LogP contribution in [0.2, 0.25) is 0 Å². The Hall–Kier alpha value is -2.62. The molecular formula is C18H19N3O. The molecule has 3 aromatic rings. The van der Waals surface area contributed by atoms with Gasteiger partial charge < -0.3 is 10.1 Å². The third kappa shape index (κ3) is 3.01. The zero-order valence-corrected chi connectivity index (χ0v) is 13.1. The summed E-state index contributed by atoms with van der Waals surface area (Å²) in [6.07, 6.45) is 1.81. The number of benzene rings is 1. The molecule has 0 saturated heterocycles. The first-order valence-corrected chi connectivity index (χ1v) is 7.39. The lowest BCUT2D eigenvalue weighted by Gasteiger charge is -2.12. The van der Waals surface area contributed by atoms with Crippen molar-refractivity contribution in [3.05, 3.63) is 53.9 Å². The summed E-state index contributed by atoms with van der Waals surface area (Å²) in [7, 11) is 0. The molecule has 0 fully saturated rings. The van der Waals surface area contributed by atoms with Gasteiger partial charge in [-0.1, -0.05) is 0 Å². The predicted octanol–water partition coefficient (Wildman–Crippen LogP) is 4.39. The fraction of sp³-hybridized carbons (Fsp3) is 0.222. The largest absolute Gasteiger partial charge is 0.494 e. The predicted molar refractivity (Wildman–Crippen MR) is 89.9 cm³/mol. The van der Waals surface area contributed by atoms with Crippen LogP contribution in [0.3, 0.4) is 0 Å². The van der Waals surface area contributed by atoms with Crippen molar-refractivity contribution in [2.24, 2.45) is 0 Å². The van der Waals surface area contributed by atoms with Gasteiger partial charge in [-0.05, 0) is 62.7 Å². The average molecular weight is 293 g/mol. The topological polar surface area (TPSA) is 47.0 Å². The van der Waals surface area contributed by atoms with E-state index in [-0.39, 0.29) is 0 Å². The van der Waals surface area contributed by atoms with Crippen LogP contribution in [-0.2, 0) is 0 Å². The van der Waals surface area contributed by atoms with Crippen molar-refractivity contribution in [2.75, 3.05) is 11.9 Å². The summed E-state index contributed by atoms with van der Waals surface area (Å²) in [5, 5.41) is 4.42. The van der Waals surface area contributed by atoms with Crippen LogP contribution in [0.1, 0.15) is 18.2 Å². The molecule has 0 bridgehead atoms. The minimum absolute atomic E-state index is 0.646.